The Balaban J connectivity index is 1.83. The molecule has 0 radical (unpaired) electrons. The third-order valence-corrected chi connectivity index (χ3v) is 9.12. The second-order valence-electron chi connectivity index (χ2n) is 5.92. The molecule has 0 aromatic carbocycles. The molecule has 9 nitrogen and oxygen atoms in total. The van der Waals surface area contributed by atoms with Crippen LogP contribution < -0.4 is 0 Å². The van der Waals surface area contributed by atoms with Crippen LogP contribution in [0.1, 0.15) is 13.3 Å². The summed E-state index contributed by atoms with van der Waals surface area (Å²) in [7, 11) is -15.7. The predicted octanol–water partition coefficient (Wildman–Crippen LogP) is 0.223. The standard InChI is InChI=1S/C9H11F3NO8S3/c1-3-4-2-5-7(20-22(14,15)8(3)5)6(4)21-24(18,19)13-23(16,17)9(10,11)12/h3-8H,2H2,1H3/q-1. The Morgan fingerprint density at radius 3 is 2.29 bits per heavy atom. The highest BCUT2D eigenvalue weighted by atomic mass is 32.3. The van der Waals surface area contributed by atoms with E-state index >= 15 is 0 Å². The van der Waals surface area contributed by atoms with Gasteiger partial charge in [0.05, 0.1) is 5.25 Å². The first-order valence-corrected chi connectivity index (χ1v) is 10.8. The summed E-state index contributed by atoms with van der Waals surface area (Å²) >= 11 is 0. The van der Waals surface area contributed by atoms with Crippen molar-refractivity contribution in [1.82, 2.24) is 0 Å². The molecule has 1 saturated heterocycles. The Bertz CT molecular complexity index is 864. The summed E-state index contributed by atoms with van der Waals surface area (Å²) in [5.41, 5.74) is -5.90. The SMILES string of the molecule is CC1C2CC3C(OS(=O)(=O)C13)C2OS(=O)(=O)[N-]S(=O)(=O)C(F)(F)F. The number of alkyl halides is 3. The number of sulfonamides is 1. The van der Waals surface area contributed by atoms with E-state index in [1.54, 1.807) is 4.13 Å². The molecule has 2 saturated carbocycles. The van der Waals surface area contributed by atoms with Crippen LogP contribution >= 0.6 is 0 Å². The van der Waals surface area contributed by atoms with Crippen molar-refractivity contribution in [3.05, 3.63) is 4.13 Å². The van der Waals surface area contributed by atoms with Crippen molar-refractivity contribution in [2.75, 3.05) is 0 Å². The van der Waals surface area contributed by atoms with Gasteiger partial charge < -0.3 is 4.13 Å². The summed E-state index contributed by atoms with van der Waals surface area (Å²) in [6.07, 6.45) is -2.34. The zero-order valence-corrected chi connectivity index (χ0v) is 14.2. The van der Waals surface area contributed by atoms with Crippen LogP contribution in [0.2, 0.25) is 0 Å². The fourth-order valence-corrected chi connectivity index (χ4v) is 7.89. The van der Waals surface area contributed by atoms with Crippen LogP contribution in [0.15, 0.2) is 0 Å². The van der Waals surface area contributed by atoms with Gasteiger partial charge in [0.2, 0.25) is 10.3 Å². The first kappa shape index (κ1) is 18.3. The van der Waals surface area contributed by atoms with Gasteiger partial charge in [-0.25, -0.2) is 16.8 Å². The molecule has 0 aromatic heterocycles. The molecule has 15 heteroatoms. The molecule has 24 heavy (non-hydrogen) atoms. The number of rotatable bonds is 4. The van der Waals surface area contributed by atoms with Gasteiger partial charge in [0, 0.05) is 5.92 Å². The van der Waals surface area contributed by atoms with E-state index < -0.39 is 71.2 Å². The minimum absolute atomic E-state index is 0.252. The fourth-order valence-electron chi connectivity index (χ4n) is 3.81. The lowest BCUT2D eigenvalue weighted by Gasteiger charge is -2.31. The number of hydrogen-bond donors (Lipinski definition) is 0. The Labute approximate surface area is 135 Å². The van der Waals surface area contributed by atoms with Crippen molar-refractivity contribution < 1.29 is 46.8 Å². The van der Waals surface area contributed by atoms with E-state index in [2.05, 4.69) is 4.18 Å². The van der Waals surface area contributed by atoms with E-state index in [1.165, 1.54) is 6.92 Å². The number of nitrogens with zero attached hydrogens (tertiary/aromatic N) is 1. The van der Waals surface area contributed by atoms with E-state index in [9.17, 15) is 38.4 Å². The van der Waals surface area contributed by atoms with E-state index in [4.69, 9.17) is 4.18 Å². The lowest BCUT2D eigenvalue weighted by molar-refractivity contribution is -0.0425. The Kier molecular flexibility index (Phi) is 3.84. The molecule has 0 aromatic rings. The normalized spacial score (nSPS) is 41.0. The van der Waals surface area contributed by atoms with Crippen molar-refractivity contribution >= 4 is 30.4 Å². The monoisotopic (exact) mass is 414 g/mol. The summed E-state index contributed by atoms with van der Waals surface area (Å²) in [6.45, 7) is 1.53. The topological polar surface area (TPSA) is 135 Å². The molecular weight excluding hydrogens is 403 g/mol. The minimum atomic E-state index is -6.31. The molecule has 0 N–H and O–H groups in total. The third-order valence-electron chi connectivity index (χ3n) is 4.62. The van der Waals surface area contributed by atoms with Gasteiger partial charge in [0.15, 0.2) is 10.0 Å². The van der Waals surface area contributed by atoms with E-state index in [1.807, 2.05) is 0 Å². The van der Waals surface area contributed by atoms with Gasteiger partial charge in [-0.1, -0.05) is 6.92 Å². The highest BCUT2D eigenvalue weighted by molar-refractivity contribution is 8.10. The minimum Gasteiger partial charge on any atom is -0.404 e. The molecule has 3 aliphatic rings. The fraction of sp³-hybridized carbons (Fsp3) is 1.00. The van der Waals surface area contributed by atoms with Gasteiger partial charge in [-0.15, -0.1) is 0 Å². The Morgan fingerprint density at radius 1 is 1.17 bits per heavy atom. The van der Waals surface area contributed by atoms with Crippen molar-refractivity contribution in [2.45, 2.75) is 36.3 Å². The second-order valence-corrected chi connectivity index (χ2v) is 10.7. The molecule has 2 aliphatic carbocycles. The number of hydrogen-bond acceptors (Lipinski definition) is 8. The smallest absolute Gasteiger partial charge is 0.404 e. The Hall–Kier alpha value is -0.480. The highest BCUT2D eigenvalue weighted by Crippen LogP contribution is 2.58. The summed E-state index contributed by atoms with van der Waals surface area (Å²) in [5.74, 6) is -1.70. The first-order valence-electron chi connectivity index (χ1n) is 6.57. The molecule has 1 aliphatic heterocycles. The molecule has 140 valence electrons. The zero-order chi connectivity index (χ0) is 18.3. The summed E-state index contributed by atoms with van der Waals surface area (Å²) in [6, 6.07) is 0. The molecule has 0 spiro atoms. The van der Waals surface area contributed by atoms with Gasteiger partial charge in [0.1, 0.15) is 12.2 Å². The zero-order valence-electron chi connectivity index (χ0n) is 11.7. The van der Waals surface area contributed by atoms with Crippen molar-refractivity contribution in [1.29, 1.82) is 0 Å². The Morgan fingerprint density at radius 2 is 1.75 bits per heavy atom. The van der Waals surface area contributed by atoms with Crippen molar-refractivity contribution in [3.8, 4) is 0 Å². The molecule has 6 atom stereocenters. The second kappa shape index (κ2) is 5.03. The molecule has 3 fully saturated rings. The van der Waals surface area contributed by atoms with Crippen molar-refractivity contribution in [2.24, 2.45) is 17.8 Å². The van der Waals surface area contributed by atoms with E-state index in [0.29, 0.717) is 0 Å². The van der Waals surface area contributed by atoms with Crippen LogP contribution in [0.5, 0.6) is 0 Å². The third kappa shape index (κ3) is 2.65. The van der Waals surface area contributed by atoms with E-state index in [-0.39, 0.29) is 6.42 Å². The van der Waals surface area contributed by atoms with Crippen LogP contribution in [0.25, 0.3) is 4.13 Å². The lowest BCUT2D eigenvalue weighted by Crippen LogP contribution is -2.41. The summed E-state index contributed by atoms with van der Waals surface area (Å²) < 4.78 is 116. The van der Waals surface area contributed by atoms with Gasteiger partial charge in [-0.05, 0) is 18.3 Å². The van der Waals surface area contributed by atoms with Gasteiger partial charge >= 0.3 is 5.51 Å². The van der Waals surface area contributed by atoms with E-state index in [0.717, 1.165) is 0 Å². The average Bonchev–Trinajstić information content (AvgIpc) is 2.89. The summed E-state index contributed by atoms with van der Waals surface area (Å²) in [5, 5.41) is -0.828. The van der Waals surface area contributed by atoms with Gasteiger partial charge in [-0.3, -0.25) is 8.37 Å². The molecule has 2 bridgehead atoms. The number of fused-ring (bicyclic) bond motifs is 1. The lowest BCUT2D eigenvalue weighted by atomic mass is 9.86. The largest absolute Gasteiger partial charge is 0.480 e. The predicted molar refractivity (Wildman–Crippen MR) is 70.5 cm³/mol. The maximum absolute atomic E-state index is 12.2. The average molecular weight is 414 g/mol. The maximum Gasteiger partial charge on any atom is 0.480 e. The van der Waals surface area contributed by atoms with Crippen LogP contribution in [0, 0.1) is 17.8 Å². The van der Waals surface area contributed by atoms with Crippen LogP contribution in [0.3, 0.4) is 0 Å². The molecule has 3 rings (SSSR count). The number of halogens is 3. The molecule has 1 heterocycles. The van der Waals surface area contributed by atoms with Crippen LogP contribution in [-0.4, -0.2) is 48.2 Å². The molecule has 0 amide bonds. The van der Waals surface area contributed by atoms with Gasteiger partial charge in [-0.2, -0.15) is 21.6 Å². The molecule has 6 unspecified atom stereocenters. The molecular formula is C9H11F3NO8S3-. The van der Waals surface area contributed by atoms with Crippen molar-refractivity contribution in [3.63, 3.8) is 0 Å². The highest BCUT2D eigenvalue weighted by Gasteiger charge is 2.68. The maximum atomic E-state index is 12.2. The van der Waals surface area contributed by atoms with Gasteiger partial charge in [0.25, 0.3) is 10.1 Å². The van der Waals surface area contributed by atoms with Crippen LogP contribution in [-0.2, 0) is 38.8 Å². The van der Waals surface area contributed by atoms with Crippen LogP contribution in [0.4, 0.5) is 13.2 Å². The quantitative estimate of drug-likeness (QED) is 0.596. The summed E-state index contributed by atoms with van der Waals surface area (Å²) in [4.78, 5) is 0. The first-order chi connectivity index (χ1) is 10.7.